The number of hydrogen-bond donors (Lipinski definition) is 2. The summed E-state index contributed by atoms with van der Waals surface area (Å²) in [5.74, 6) is -0.352. The van der Waals surface area contributed by atoms with Gasteiger partial charge >= 0.3 is 0 Å². The quantitative estimate of drug-likeness (QED) is 0.795. The van der Waals surface area contributed by atoms with Crippen molar-refractivity contribution in [1.82, 2.24) is 5.32 Å². The van der Waals surface area contributed by atoms with Crippen molar-refractivity contribution in [1.29, 1.82) is 0 Å². The van der Waals surface area contributed by atoms with E-state index in [0.717, 1.165) is 5.56 Å². The van der Waals surface area contributed by atoms with Crippen LogP contribution in [0.4, 0.5) is 0 Å². The third-order valence-electron chi connectivity index (χ3n) is 2.59. The van der Waals surface area contributed by atoms with Crippen LogP contribution in [0.2, 0.25) is 0 Å². The highest BCUT2D eigenvalue weighted by atomic mass is 16.2. The monoisotopic (exact) mass is 248 g/mol. The van der Waals surface area contributed by atoms with Crippen molar-refractivity contribution in [2.75, 3.05) is 0 Å². The second-order valence-corrected chi connectivity index (χ2v) is 4.81. The zero-order valence-corrected chi connectivity index (χ0v) is 10.8. The number of primary amides is 1. The fraction of sp³-hybridized carbons (Fsp3) is 0.429. The minimum atomic E-state index is -0.582. The zero-order valence-electron chi connectivity index (χ0n) is 10.8. The van der Waals surface area contributed by atoms with E-state index in [9.17, 15) is 9.59 Å². The molecule has 1 aromatic carbocycles. The summed E-state index contributed by atoms with van der Waals surface area (Å²) in [5, 5.41) is 2.68. The Morgan fingerprint density at radius 2 is 1.83 bits per heavy atom. The van der Waals surface area contributed by atoms with Gasteiger partial charge in [0, 0.05) is 0 Å². The van der Waals surface area contributed by atoms with Gasteiger partial charge in [-0.15, -0.1) is 0 Å². The van der Waals surface area contributed by atoms with Gasteiger partial charge in [-0.2, -0.15) is 0 Å². The fourth-order valence-electron chi connectivity index (χ4n) is 1.74. The second-order valence-electron chi connectivity index (χ2n) is 4.81. The molecular formula is C14H20N2O2. The Morgan fingerprint density at radius 1 is 1.22 bits per heavy atom. The molecule has 0 aromatic heterocycles. The number of carbonyl (C=O) groups excluding carboxylic acids is 2. The van der Waals surface area contributed by atoms with E-state index in [0.29, 0.717) is 12.3 Å². The molecule has 4 heteroatoms. The first kappa shape index (κ1) is 14.2. The lowest BCUT2D eigenvalue weighted by Crippen LogP contribution is -2.45. The number of nitrogens with one attached hydrogen (secondary N) is 1. The molecule has 0 aliphatic heterocycles. The molecule has 0 heterocycles. The Labute approximate surface area is 108 Å². The number of amides is 2. The van der Waals surface area contributed by atoms with Gasteiger partial charge in [0.05, 0.1) is 6.42 Å². The molecule has 0 bridgehead atoms. The van der Waals surface area contributed by atoms with Crippen molar-refractivity contribution < 1.29 is 9.59 Å². The maximum absolute atomic E-state index is 11.8. The van der Waals surface area contributed by atoms with Crippen LogP contribution in [-0.4, -0.2) is 17.9 Å². The Balaban J connectivity index is 2.54. The molecule has 4 nitrogen and oxygen atoms in total. The van der Waals surface area contributed by atoms with Gasteiger partial charge in [-0.1, -0.05) is 44.2 Å². The van der Waals surface area contributed by atoms with Gasteiger partial charge < -0.3 is 11.1 Å². The van der Waals surface area contributed by atoms with Gasteiger partial charge in [0.15, 0.2) is 0 Å². The van der Waals surface area contributed by atoms with Crippen molar-refractivity contribution >= 4 is 11.8 Å². The molecule has 3 N–H and O–H groups in total. The van der Waals surface area contributed by atoms with Crippen molar-refractivity contribution in [3.63, 3.8) is 0 Å². The third-order valence-corrected chi connectivity index (χ3v) is 2.59. The first-order valence-corrected chi connectivity index (χ1v) is 6.11. The van der Waals surface area contributed by atoms with E-state index in [1.807, 2.05) is 44.2 Å². The number of carbonyl (C=O) groups is 2. The summed E-state index contributed by atoms with van der Waals surface area (Å²) in [7, 11) is 0. The van der Waals surface area contributed by atoms with Crippen molar-refractivity contribution in [2.24, 2.45) is 11.7 Å². The molecule has 0 fully saturated rings. The Kier molecular flexibility index (Phi) is 5.36. The molecule has 0 saturated heterocycles. The van der Waals surface area contributed by atoms with Gasteiger partial charge in [-0.3, -0.25) is 9.59 Å². The van der Waals surface area contributed by atoms with Crippen molar-refractivity contribution in [3.8, 4) is 0 Å². The highest BCUT2D eigenvalue weighted by Crippen LogP contribution is 2.05. The van der Waals surface area contributed by atoms with E-state index in [-0.39, 0.29) is 12.3 Å². The summed E-state index contributed by atoms with van der Waals surface area (Å²) in [6.07, 6.45) is 0.832. The number of benzene rings is 1. The molecule has 0 spiro atoms. The molecule has 2 amide bonds. The summed E-state index contributed by atoms with van der Waals surface area (Å²) in [6.45, 7) is 3.97. The van der Waals surface area contributed by atoms with Crippen LogP contribution in [0.5, 0.6) is 0 Å². The van der Waals surface area contributed by atoms with Gasteiger partial charge in [-0.25, -0.2) is 0 Å². The van der Waals surface area contributed by atoms with Gasteiger partial charge in [0.1, 0.15) is 6.04 Å². The average molecular weight is 248 g/mol. The largest absolute Gasteiger partial charge is 0.368 e. The van der Waals surface area contributed by atoms with Crippen LogP contribution >= 0.6 is 0 Å². The first-order chi connectivity index (χ1) is 8.49. The van der Waals surface area contributed by atoms with Crippen LogP contribution in [-0.2, 0) is 16.0 Å². The number of hydrogen-bond acceptors (Lipinski definition) is 2. The molecule has 98 valence electrons. The molecule has 0 radical (unpaired) electrons. The highest BCUT2D eigenvalue weighted by Gasteiger charge is 2.19. The summed E-state index contributed by atoms with van der Waals surface area (Å²) in [4.78, 5) is 23.0. The topological polar surface area (TPSA) is 72.2 Å². The predicted octanol–water partition coefficient (Wildman–Crippen LogP) is 1.25. The van der Waals surface area contributed by atoms with E-state index >= 15 is 0 Å². The van der Waals surface area contributed by atoms with Crippen LogP contribution < -0.4 is 11.1 Å². The Bertz CT molecular complexity index is 402. The molecule has 0 saturated carbocycles. The van der Waals surface area contributed by atoms with Gasteiger partial charge in [0.2, 0.25) is 11.8 Å². The van der Waals surface area contributed by atoms with Gasteiger partial charge in [-0.05, 0) is 17.9 Å². The number of rotatable bonds is 6. The van der Waals surface area contributed by atoms with Crippen molar-refractivity contribution in [3.05, 3.63) is 35.9 Å². The minimum absolute atomic E-state index is 0.175. The maximum Gasteiger partial charge on any atom is 0.240 e. The Hall–Kier alpha value is -1.84. The standard InChI is InChI=1S/C14H20N2O2/c1-10(2)8-12(14(15)18)16-13(17)9-11-6-4-3-5-7-11/h3-7,10,12H,8-9H2,1-2H3,(H2,15,18)(H,16,17). The minimum Gasteiger partial charge on any atom is -0.368 e. The van der Waals surface area contributed by atoms with Crippen LogP contribution in [0.3, 0.4) is 0 Å². The van der Waals surface area contributed by atoms with Crippen LogP contribution in [0.1, 0.15) is 25.8 Å². The normalized spacial score (nSPS) is 12.2. The van der Waals surface area contributed by atoms with Crippen LogP contribution in [0.25, 0.3) is 0 Å². The van der Waals surface area contributed by atoms with E-state index in [2.05, 4.69) is 5.32 Å². The van der Waals surface area contributed by atoms with E-state index < -0.39 is 11.9 Å². The van der Waals surface area contributed by atoms with E-state index in [1.165, 1.54) is 0 Å². The molecule has 1 unspecified atom stereocenters. The lowest BCUT2D eigenvalue weighted by molar-refractivity contribution is -0.127. The molecule has 0 aliphatic carbocycles. The second kappa shape index (κ2) is 6.79. The SMILES string of the molecule is CC(C)CC(NC(=O)Cc1ccccc1)C(N)=O. The average Bonchev–Trinajstić information content (AvgIpc) is 2.28. The first-order valence-electron chi connectivity index (χ1n) is 6.11. The predicted molar refractivity (Wildman–Crippen MR) is 70.7 cm³/mol. The molecule has 18 heavy (non-hydrogen) atoms. The maximum atomic E-state index is 11.8. The smallest absolute Gasteiger partial charge is 0.240 e. The lowest BCUT2D eigenvalue weighted by Gasteiger charge is -2.17. The van der Waals surface area contributed by atoms with E-state index in [4.69, 9.17) is 5.73 Å². The summed E-state index contributed by atoms with van der Waals surface area (Å²) < 4.78 is 0. The molecule has 1 aromatic rings. The summed E-state index contributed by atoms with van der Waals surface area (Å²) >= 11 is 0. The molecular weight excluding hydrogens is 228 g/mol. The molecule has 0 aliphatic rings. The molecule has 1 atom stereocenters. The summed E-state index contributed by atoms with van der Waals surface area (Å²) in [5.41, 5.74) is 6.19. The van der Waals surface area contributed by atoms with Crippen LogP contribution in [0, 0.1) is 5.92 Å². The highest BCUT2D eigenvalue weighted by molar-refractivity contribution is 5.87. The third kappa shape index (κ3) is 4.99. The van der Waals surface area contributed by atoms with Crippen molar-refractivity contribution in [2.45, 2.75) is 32.7 Å². The van der Waals surface area contributed by atoms with Crippen LogP contribution in [0.15, 0.2) is 30.3 Å². The van der Waals surface area contributed by atoms with E-state index in [1.54, 1.807) is 0 Å². The zero-order chi connectivity index (χ0) is 13.5. The number of nitrogens with two attached hydrogens (primary N) is 1. The summed E-state index contributed by atoms with van der Waals surface area (Å²) in [6, 6.07) is 8.82. The Morgan fingerprint density at radius 3 is 2.33 bits per heavy atom. The van der Waals surface area contributed by atoms with Gasteiger partial charge in [0.25, 0.3) is 0 Å². The lowest BCUT2D eigenvalue weighted by atomic mass is 10.0. The fourth-order valence-corrected chi connectivity index (χ4v) is 1.74. The molecule has 1 rings (SSSR count).